The van der Waals surface area contributed by atoms with Crippen LogP contribution in [-0.4, -0.2) is 14.9 Å². The van der Waals surface area contributed by atoms with Crippen LogP contribution in [0, 0.1) is 0 Å². The first kappa shape index (κ1) is 14.3. The van der Waals surface area contributed by atoms with Gasteiger partial charge in [-0.3, -0.25) is 4.68 Å². The lowest BCUT2D eigenvalue weighted by Gasteiger charge is -2.34. The van der Waals surface area contributed by atoms with Crippen molar-refractivity contribution in [2.45, 2.75) is 57.1 Å². The third-order valence-electron chi connectivity index (χ3n) is 4.79. The number of rotatable bonds is 5. The summed E-state index contributed by atoms with van der Waals surface area (Å²) in [4.78, 5) is 0. The van der Waals surface area contributed by atoms with Crippen molar-refractivity contribution in [3.63, 3.8) is 0 Å². The minimum Gasteiger partial charge on any atom is -0.387 e. The maximum Gasteiger partial charge on any atom is 0.0916 e. The molecule has 1 fully saturated rings. The van der Waals surface area contributed by atoms with Crippen LogP contribution >= 0.6 is 0 Å². The van der Waals surface area contributed by atoms with E-state index in [1.807, 2.05) is 23.1 Å². The molecule has 1 aromatic carbocycles. The Labute approximate surface area is 126 Å². The molecule has 0 bridgehead atoms. The molecule has 0 spiro atoms. The van der Waals surface area contributed by atoms with Crippen molar-refractivity contribution in [1.29, 1.82) is 0 Å². The van der Waals surface area contributed by atoms with E-state index in [1.165, 1.54) is 18.4 Å². The molecule has 3 heteroatoms. The average Bonchev–Trinajstić information content (AvgIpc) is 3.18. The number of hydrogen-bond acceptors (Lipinski definition) is 2. The van der Waals surface area contributed by atoms with Crippen LogP contribution in [-0.2, 0) is 12.0 Å². The van der Waals surface area contributed by atoms with Crippen molar-refractivity contribution in [3.05, 3.63) is 53.9 Å². The molecule has 1 N–H and O–H groups in total. The third kappa shape index (κ3) is 2.62. The summed E-state index contributed by atoms with van der Waals surface area (Å²) in [6.07, 6.45) is 8.92. The molecule has 1 aliphatic carbocycles. The van der Waals surface area contributed by atoms with Gasteiger partial charge in [0.05, 0.1) is 12.3 Å². The van der Waals surface area contributed by atoms with Crippen LogP contribution in [0.3, 0.4) is 0 Å². The van der Waals surface area contributed by atoms with Gasteiger partial charge in [-0.25, -0.2) is 0 Å². The summed E-state index contributed by atoms with van der Waals surface area (Å²) in [5, 5.41) is 15.4. The van der Waals surface area contributed by atoms with E-state index in [-0.39, 0.29) is 5.41 Å². The highest BCUT2D eigenvalue weighted by Gasteiger charge is 2.43. The molecule has 21 heavy (non-hydrogen) atoms. The lowest BCUT2D eigenvalue weighted by molar-refractivity contribution is 0.0821. The van der Waals surface area contributed by atoms with Gasteiger partial charge in [-0.05, 0) is 24.8 Å². The van der Waals surface area contributed by atoms with Crippen molar-refractivity contribution in [3.8, 4) is 0 Å². The van der Waals surface area contributed by atoms with Gasteiger partial charge in [-0.15, -0.1) is 0 Å². The second-order valence-electron chi connectivity index (χ2n) is 6.17. The average molecular weight is 284 g/mol. The van der Waals surface area contributed by atoms with Gasteiger partial charge in [0.2, 0.25) is 0 Å². The fourth-order valence-electron chi connectivity index (χ4n) is 3.69. The predicted molar refractivity (Wildman–Crippen MR) is 84.1 cm³/mol. The monoisotopic (exact) mass is 284 g/mol. The van der Waals surface area contributed by atoms with Crippen LogP contribution in [0.4, 0.5) is 0 Å². The van der Waals surface area contributed by atoms with Crippen LogP contribution in [0.1, 0.15) is 56.3 Å². The molecule has 0 saturated heterocycles. The normalized spacial score (nSPS) is 18.8. The summed E-state index contributed by atoms with van der Waals surface area (Å²) in [6.45, 7) is 3.05. The second-order valence-corrected chi connectivity index (χ2v) is 6.17. The van der Waals surface area contributed by atoms with Gasteiger partial charge in [0, 0.05) is 23.7 Å². The molecule has 1 unspecified atom stereocenters. The van der Waals surface area contributed by atoms with Crippen LogP contribution in [0.2, 0.25) is 0 Å². The van der Waals surface area contributed by atoms with E-state index in [2.05, 4.69) is 36.3 Å². The summed E-state index contributed by atoms with van der Waals surface area (Å²) >= 11 is 0. The number of hydrogen-bond donors (Lipinski definition) is 1. The lowest BCUT2D eigenvalue weighted by atomic mass is 9.72. The van der Waals surface area contributed by atoms with Gasteiger partial charge < -0.3 is 5.11 Å². The zero-order valence-corrected chi connectivity index (χ0v) is 12.7. The van der Waals surface area contributed by atoms with E-state index in [1.54, 1.807) is 0 Å². The molecule has 2 aromatic rings. The quantitative estimate of drug-likeness (QED) is 0.906. The smallest absolute Gasteiger partial charge is 0.0916 e. The number of aliphatic hydroxyl groups is 1. The van der Waals surface area contributed by atoms with Gasteiger partial charge in [-0.1, -0.05) is 50.1 Å². The second kappa shape index (κ2) is 6.02. The van der Waals surface area contributed by atoms with Crippen molar-refractivity contribution < 1.29 is 5.11 Å². The number of nitrogens with zero attached hydrogens (tertiary/aromatic N) is 2. The Morgan fingerprint density at radius 3 is 2.62 bits per heavy atom. The van der Waals surface area contributed by atoms with E-state index >= 15 is 0 Å². The standard InChI is InChI=1S/C18H24N2O/c1-2-12-20-14-15(13-19-20)17(21)18(10-6-7-11-18)16-8-4-3-5-9-16/h3-5,8-9,13-14,17,21H,2,6-7,10-12H2,1H3. The van der Waals surface area contributed by atoms with E-state index in [4.69, 9.17) is 0 Å². The van der Waals surface area contributed by atoms with Gasteiger partial charge in [0.25, 0.3) is 0 Å². The molecule has 112 valence electrons. The first-order valence-electron chi connectivity index (χ1n) is 8.02. The van der Waals surface area contributed by atoms with Crippen molar-refractivity contribution in [2.24, 2.45) is 0 Å². The molecule has 1 saturated carbocycles. The highest BCUT2D eigenvalue weighted by Crippen LogP contribution is 2.49. The Morgan fingerprint density at radius 1 is 1.24 bits per heavy atom. The van der Waals surface area contributed by atoms with E-state index < -0.39 is 6.10 Å². The topological polar surface area (TPSA) is 38.0 Å². The molecule has 1 atom stereocenters. The third-order valence-corrected chi connectivity index (χ3v) is 4.79. The summed E-state index contributed by atoms with van der Waals surface area (Å²) in [6, 6.07) is 10.5. The van der Waals surface area contributed by atoms with Gasteiger partial charge >= 0.3 is 0 Å². The van der Waals surface area contributed by atoms with Gasteiger partial charge in [0.1, 0.15) is 0 Å². The maximum absolute atomic E-state index is 11.1. The zero-order valence-electron chi connectivity index (χ0n) is 12.7. The maximum atomic E-state index is 11.1. The van der Waals surface area contributed by atoms with Gasteiger partial charge in [0.15, 0.2) is 0 Å². The molecular formula is C18H24N2O. The van der Waals surface area contributed by atoms with Crippen LogP contribution in [0.5, 0.6) is 0 Å². The summed E-state index contributed by atoms with van der Waals surface area (Å²) in [5.41, 5.74) is 2.08. The van der Waals surface area contributed by atoms with Crippen LogP contribution in [0.15, 0.2) is 42.7 Å². The first-order valence-corrected chi connectivity index (χ1v) is 8.02. The number of aryl methyl sites for hydroxylation is 1. The van der Waals surface area contributed by atoms with E-state index in [0.717, 1.165) is 31.4 Å². The summed E-state index contributed by atoms with van der Waals surface area (Å²) in [5.74, 6) is 0. The van der Waals surface area contributed by atoms with E-state index in [0.29, 0.717) is 0 Å². The predicted octanol–water partition coefficient (Wildman–Crippen LogP) is 3.84. The Kier molecular flexibility index (Phi) is 4.11. The highest BCUT2D eigenvalue weighted by molar-refractivity contribution is 5.31. The van der Waals surface area contributed by atoms with E-state index in [9.17, 15) is 5.11 Å². The fourth-order valence-corrected chi connectivity index (χ4v) is 3.69. The minimum atomic E-state index is -0.465. The Balaban J connectivity index is 1.93. The van der Waals surface area contributed by atoms with Gasteiger partial charge in [-0.2, -0.15) is 5.10 Å². The molecule has 0 aliphatic heterocycles. The van der Waals surface area contributed by atoms with Crippen LogP contribution in [0.25, 0.3) is 0 Å². The number of benzene rings is 1. The minimum absolute atomic E-state index is 0.138. The molecule has 3 nitrogen and oxygen atoms in total. The number of aliphatic hydroxyl groups excluding tert-OH is 1. The zero-order chi connectivity index (χ0) is 14.7. The lowest BCUT2D eigenvalue weighted by Crippen LogP contribution is -2.30. The number of aromatic nitrogens is 2. The van der Waals surface area contributed by atoms with Crippen LogP contribution < -0.4 is 0 Å². The molecule has 1 heterocycles. The molecular weight excluding hydrogens is 260 g/mol. The largest absolute Gasteiger partial charge is 0.387 e. The molecule has 1 aliphatic rings. The SMILES string of the molecule is CCCn1cc(C(O)C2(c3ccccc3)CCCC2)cn1. The molecule has 0 amide bonds. The Morgan fingerprint density at radius 2 is 1.95 bits per heavy atom. The summed E-state index contributed by atoms with van der Waals surface area (Å²) < 4.78 is 1.94. The van der Waals surface area contributed by atoms with Crippen molar-refractivity contribution >= 4 is 0 Å². The fraction of sp³-hybridized carbons (Fsp3) is 0.500. The van der Waals surface area contributed by atoms with Crippen molar-refractivity contribution in [2.75, 3.05) is 0 Å². The summed E-state index contributed by atoms with van der Waals surface area (Å²) in [7, 11) is 0. The highest BCUT2D eigenvalue weighted by atomic mass is 16.3. The first-order chi connectivity index (χ1) is 10.3. The Bertz CT molecular complexity index is 570. The Hall–Kier alpha value is -1.61. The van der Waals surface area contributed by atoms with Crippen molar-refractivity contribution in [1.82, 2.24) is 9.78 Å². The molecule has 1 aromatic heterocycles. The molecule has 3 rings (SSSR count). The molecule has 0 radical (unpaired) electrons.